The zero-order chi connectivity index (χ0) is 13.0. The minimum atomic E-state index is -0.161. The van der Waals surface area contributed by atoms with E-state index in [1.807, 2.05) is 31.2 Å². The molecule has 0 aliphatic heterocycles. The van der Waals surface area contributed by atoms with Crippen LogP contribution in [0.5, 0.6) is 0 Å². The monoisotopic (exact) mass is 308 g/mol. The molecule has 1 heterocycles. The van der Waals surface area contributed by atoms with Crippen LogP contribution in [0.25, 0.3) is 11.3 Å². The van der Waals surface area contributed by atoms with Gasteiger partial charge in [0.1, 0.15) is 0 Å². The van der Waals surface area contributed by atoms with Gasteiger partial charge in [-0.05, 0) is 30.7 Å². The maximum absolute atomic E-state index is 11.7. The van der Waals surface area contributed by atoms with Crippen molar-refractivity contribution in [1.82, 2.24) is 4.98 Å². The summed E-state index contributed by atoms with van der Waals surface area (Å²) in [6, 6.07) is 7.44. The molecule has 0 fully saturated rings. The van der Waals surface area contributed by atoms with E-state index >= 15 is 0 Å². The van der Waals surface area contributed by atoms with Crippen molar-refractivity contribution >= 4 is 27.5 Å². The van der Waals surface area contributed by atoms with Crippen molar-refractivity contribution < 1.29 is 9.21 Å². The summed E-state index contributed by atoms with van der Waals surface area (Å²) in [6.07, 6.45) is 3.79. The van der Waals surface area contributed by atoms with Crippen LogP contribution in [-0.2, 0) is 4.79 Å². The Hall–Kier alpha value is -1.62. The van der Waals surface area contributed by atoms with E-state index in [4.69, 9.17) is 4.42 Å². The van der Waals surface area contributed by atoms with Gasteiger partial charge in [0.2, 0.25) is 5.91 Å². The average Bonchev–Trinajstić information content (AvgIpc) is 2.92. The highest BCUT2D eigenvalue weighted by Crippen LogP contribution is 2.21. The second-order valence-corrected chi connectivity index (χ2v) is 4.91. The zero-order valence-corrected chi connectivity index (χ0v) is 11.5. The number of amides is 1. The molecule has 1 amide bonds. The first-order valence-corrected chi connectivity index (χ1v) is 6.56. The number of oxazole rings is 1. The zero-order valence-electron chi connectivity index (χ0n) is 9.89. The van der Waals surface area contributed by atoms with Crippen LogP contribution in [0, 0.1) is 0 Å². The molecule has 5 heteroatoms. The lowest BCUT2D eigenvalue weighted by molar-refractivity contribution is -0.115. The molecule has 94 valence electrons. The van der Waals surface area contributed by atoms with Gasteiger partial charge in [-0.2, -0.15) is 0 Å². The number of hydrogen-bond acceptors (Lipinski definition) is 3. The molecule has 0 aliphatic carbocycles. The molecule has 1 aromatic carbocycles. The number of anilines is 1. The number of carbonyl (C=O) groups is 1. The summed E-state index contributed by atoms with van der Waals surface area (Å²) >= 11 is 3.31. The van der Waals surface area contributed by atoms with E-state index in [2.05, 4.69) is 26.2 Å². The number of nitrogens with zero attached hydrogens (tertiary/aromatic N) is 1. The minimum Gasteiger partial charge on any atom is -0.444 e. The topological polar surface area (TPSA) is 55.1 Å². The van der Waals surface area contributed by atoms with Crippen LogP contribution in [-0.4, -0.2) is 15.7 Å². The second kappa shape index (κ2) is 5.82. The fourth-order valence-corrected chi connectivity index (χ4v) is 1.60. The van der Waals surface area contributed by atoms with Crippen LogP contribution in [0.3, 0.4) is 0 Å². The summed E-state index contributed by atoms with van der Waals surface area (Å²) in [7, 11) is 0. The van der Waals surface area contributed by atoms with Crippen molar-refractivity contribution in [1.29, 1.82) is 0 Å². The Balaban J connectivity index is 2.06. The Morgan fingerprint density at radius 3 is 2.72 bits per heavy atom. The first-order valence-electron chi connectivity index (χ1n) is 5.64. The summed E-state index contributed by atoms with van der Waals surface area (Å²) in [4.78, 5) is 15.4. The number of alkyl halides is 1. The van der Waals surface area contributed by atoms with Crippen molar-refractivity contribution in [2.24, 2.45) is 0 Å². The van der Waals surface area contributed by atoms with Crippen LogP contribution in [0.1, 0.15) is 13.3 Å². The molecule has 0 bridgehead atoms. The summed E-state index contributed by atoms with van der Waals surface area (Å²) in [5, 5.41) is 2.83. The molecule has 0 saturated heterocycles. The van der Waals surface area contributed by atoms with Crippen LogP contribution >= 0.6 is 15.9 Å². The maximum atomic E-state index is 11.7. The molecular formula is C13H13BrN2O2. The summed E-state index contributed by atoms with van der Waals surface area (Å²) in [5.41, 5.74) is 1.69. The van der Waals surface area contributed by atoms with Crippen molar-refractivity contribution in [3.05, 3.63) is 36.9 Å². The standard InChI is InChI=1S/C13H13BrN2O2/c1-2-11(14)13(17)16-10-5-3-9(4-6-10)12-7-15-8-18-12/h3-8,11H,2H2,1H3,(H,16,17). The molecule has 1 N–H and O–H groups in total. The van der Waals surface area contributed by atoms with Crippen molar-refractivity contribution in [3.63, 3.8) is 0 Å². The van der Waals surface area contributed by atoms with Crippen LogP contribution < -0.4 is 5.32 Å². The third kappa shape index (κ3) is 2.98. The van der Waals surface area contributed by atoms with E-state index in [0.29, 0.717) is 5.76 Å². The van der Waals surface area contributed by atoms with Crippen molar-refractivity contribution in [2.45, 2.75) is 18.2 Å². The van der Waals surface area contributed by atoms with Crippen molar-refractivity contribution in [3.8, 4) is 11.3 Å². The number of benzene rings is 1. The molecule has 0 radical (unpaired) electrons. The predicted molar refractivity (Wildman–Crippen MR) is 73.6 cm³/mol. The lowest BCUT2D eigenvalue weighted by atomic mass is 10.1. The van der Waals surface area contributed by atoms with Crippen LogP contribution in [0.2, 0.25) is 0 Å². The Kier molecular flexibility index (Phi) is 4.15. The van der Waals surface area contributed by atoms with Crippen molar-refractivity contribution in [2.75, 3.05) is 5.32 Å². The Bertz CT molecular complexity index is 508. The van der Waals surface area contributed by atoms with E-state index in [9.17, 15) is 4.79 Å². The molecule has 2 aromatic rings. The number of carbonyl (C=O) groups excluding carboxylic acids is 1. The molecule has 0 aliphatic rings. The van der Waals surface area contributed by atoms with E-state index in [1.165, 1.54) is 6.39 Å². The Labute approximate surface area is 114 Å². The highest BCUT2D eigenvalue weighted by atomic mass is 79.9. The van der Waals surface area contributed by atoms with Crippen LogP contribution in [0.15, 0.2) is 41.3 Å². The average molecular weight is 309 g/mol. The maximum Gasteiger partial charge on any atom is 0.238 e. The van der Waals surface area contributed by atoms with Gasteiger partial charge in [-0.1, -0.05) is 22.9 Å². The number of halogens is 1. The lowest BCUT2D eigenvalue weighted by Crippen LogP contribution is -2.21. The first-order chi connectivity index (χ1) is 8.70. The number of aromatic nitrogens is 1. The largest absolute Gasteiger partial charge is 0.444 e. The van der Waals surface area contributed by atoms with E-state index in [1.54, 1.807) is 6.20 Å². The van der Waals surface area contributed by atoms with Gasteiger partial charge in [-0.25, -0.2) is 4.98 Å². The minimum absolute atomic E-state index is 0.0371. The fraction of sp³-hybridized carbons (Fsp3) is 0.231. The molecule has 0 saturated carbocycles. The van der Waals surface area contributed by atoms with Gasteiger partial charge in [0, 0.05) is 11.3 Å². The summed E-state index contributed by atoms with van der Waals surface area (Å²) < 4.78 is 5.19. The number of nitrogens with one attached hydrogen (secondary N) is 1. The normalized spacial score (nSPS) is 12.1. The summed E-state index contributed by atoms with van der Waals surface area (Å²) in [5.74, 6) is 0.671. The van der Waals surface area contributed by atoms with E-state index in [-0.39, 0.29) is 10.7 Å². The highest BCUT2D eigenvalue weighted by Gasteiger charge is 2.12. The van der Waals surface area contributed by atoms with Gasteiger partial charge in [0.25, 0.3) is 0 Å². The lowest BCUT2D eigenvalue weighted by Gasteiger charge is -2.08. The third-order valence-corrected chi connectivity index (χ3v) is 3.58. The molecule has 1 unspecified atom stereocenters. The fourth-order valence-electron chi connectivity index (χ4n) is 1.48. The Morgan fingerprint density at radius 1 is 1.44 bits per heavy atom. The molecular weight excluding hydrogens is 296 g/mol. The molecule has 18 heavy (non-hydrogen) atoms. The Morgan fingerprint density at radius 2 is 2.17 bits per heavy atom. The predicted octanol–water partition coefficient (Wildman–Crippen LogP) is 3.45. The molecule has 1 aromatic heterocycles. The van der Waals surface area contributed by atoms with Gasteiger partial charge in [0.15, 0.2) is 12.2 Å². The highest BCUT2D eigenvalue weighted by molar-refractivity contribution is 9.10. The molecule has 4 nitrogen and oxygen atoms in total. The van der Waals surface area contributed by atoms with Gasteiger partial charge in [0.05, 0.1) is 11.0 Å². The van der Waals surface area contributed by atoms with E-state index < -0.39 is 0 Å². The summed E-state index contributed by atoms with van der Waals surface area (Å²) in [6.45, 7) is 1.95. The SMILES string of the molecule is CCC(Br)C(=O)Nc1ccc(-c2cnco2)cc1. The number of rotatable bonds is 4. The van der Waals surface area contributed by atoms with Gasteiger partial charge >= 0.3 is 0 Å². The second-order valence-electron chi connectivity index (χ2n) is 3.81. The molecule has 2 rings (SSSR count). The molecule has 1 atom stereocenters. The van der Waals surface area contributed by atoms with E-state index in [0.717, 1.165) is 17.7 Å². The van der Waals surface area contributed by atoms with Crippen LogP contribution in [0.4, 0.5) is 5.69 Å². The smallest absolute Gasteiger partial charge is 0.238 e. The quantitative estimate of drug-likeness (QED) is 0.880. The van der Waals surface area contributed by atoms with Gasteiger partial charge in [-0.3, -0.25) is 4.79 Å². The van der Waals surface area contributed by atoms with Gasteiger partial charge in [-0.15, -0.1) is 0 Å². The third-order valence-electron chi connectivity index (χ3n) is 2.51. The van der Waals surface area contributed by atoms with Gasteiger partial charge < -0.3 is 9.73 Å². The molecule has 0 spiro atoms. The number of hydrogen-bond donors (Lipinski definition) is 1. The first kappa shape index (κ1) is 12.8.